The van der Waals surface area contributed by atoms with Crippen molar-refractivity contribution < 1.29 is 0 Å². The van der Waals surface area contributed by atoms with Gasteiger partial charge in [0.1, 0.15) is 21.7 Å². The van der Waals surface area contributed by atoms with Crippen LogP contribution < -0.4 is 0 Å². The molecule has 9 heterocycles. The van der Waals surface area contributed by atoms with Gasteiger partial charge >= 0.3 is 0 Å². The van der Waals surface area contributed by atoms with Crippen molar-refractivity contribution in [2.24, 2.45) is 0 Å². The lowest BCUT2D eigenvalue weighted by molar-refractivity contribution is 1.19. The van der Waals surface area contributed by atoms with E-state index in [1.807, 2.05) is 53.1 Å². The van der Waals surface area contributed by atoms with Crippen LogP contribution in [-0.2, 0) is 0 Å². The summed E-state index contributed by atoms with van der Waals surface area (Å²) in [7, 11) is 0. The summed E-state index contributed by atoms with van der Waals surface area (Å²) in [5, 5.41) is 14.4. The molecular formula is C72H42BrClN8S2. The molecule has 0 unspecified atom stereocenters. The van der Waals surface area contributed by atoms with Gasteiger partial charge in [-0.2, -0.15) is 0 Å². The van der Waals surface area contributed by atoms with Crippen molar-refractivity contribution in [3.05, 3.63) is 259 Å². The first-order chi connectivity index (χ1) is 41.5. The second kappa shape index (κ2) is 19.4. The zero-order valence-electron chi connectivity index (χ0n) is 44.4. The molecule has 0 atom stereocenters. The molecule has 0 aliphatic heterocycles. The van der Waals surface area contributed by atoms with Crippen molar-refractivity contribution in [1.29, 1.82) is 0 Å². The fraction of sp³-hybridized carbons (Fsp3) is 0. The van der Waals surface area contributed by atoms with Gasteiger partial charge in [-0.25, -0.2) is 19.9 Å². The molecule has 0 aliphatic carbocycles. The SMILES string of the molecule is Clc1cccnc1Br.c1ccc(-n2c3cc(-c4nc5ccccc5[nH]4)ccc3c3ccc4sc5ccccc5c4c32)cc1.c1ccc(-n2c3cc4c(cc3c3ccc5sc6ccccc6c5c32)c2cccnc2n2c3ccccc3nc42)cc1. The lowest BCUT2D eigenvalue weighted by atomic mass is 10.0. The van der Waals surface area contributed by atoms with Crippen LogP contribution in [-0.4, -0.2) is 38.5 Å². The van der Waals surface area contributed by atoms with Gasteiger partial charge < -0.3 is 14.1 Å². The van der Waals surface area contributed by atoms with Crippen molar-refractivity contribution in [2.45, 2.75) is 0 Å². The molecule has 0 aliphatic rings. The number of para-hydroxylation sites is 6. The molecule has 19 rings (SSSR count). The Morgan fingerprint density at radius 2 is 0.964 bits per heavy atom. The molecule has 10 aromatic carbocycles. The molecule has 0 saturated heterocycles. The first-order valence-corrected chi connectivity index (χ1v) is 30.4. The summed E-state index contributed by atoms with van der Waals surface area (Å²) in [4.78, 5) is 22.2. The van der Waals surface area contributed by atoms with Gasteiger partial charge in [0.2, 0.25) is 0 Å². The van der Waals surface area contributed by atoms with E-state index in [0.29, 0.717) is 9.63 Å². The molecule has 396 valence electrons. The Hall–Kier alpha value is -9.75. The molecule has 9 aromatic heterocycles. The number of thiophene rings is 2. The normalized spacial score (nSPS) is 11.9. The second-order valence-electron chi connectivity index (χ2n) is 20.9. The fourth-order valence-electron chi connectivity index (χ4n) is 12.6. The van der Waals surface area contributed by atoms with Crippen LogP contribution in [0, 0.1) is 0 Å². The first kappa shape index (κ1) is 48.9. The third-order valence-corrected chi connectivity index (χ3v) is 19.6. The van der Waals surface area contributed by atoms with E-state index in [4.69, 9.17) is 26.6 Å². The van der Waals surface area contributed by atoms with Crippen LogP contribution >= 0.6 is 50.2 Å². The zero-order valence-corrected chi connectivity index (χ0v) is 48.3. The average molecular weight is 1200 g/mol. The minimum absolute atomic E-state index is 0.646. The van der Waals surface area contributed by atoms with Crippen molar-refractivity contribution >= 4 is 184 Å². The smallest absolute Gasteiger partial charge is 0.147 e. The maximum absolute atomic E-state index is 5.60. The summed E-state index contributed by atoms with van der Waals surface area (Å²) in [6, 6.07) is 83.9. The monoisotopic (exact) mass is 1200 g/mol. The lowest BCUT2D eigenvalue weighted by Gasteiger charge is -2.11. The van der Waals surface area contributed by atoms with E-state index in [1.165, 1.54) is 89.3 Å². The minimum atomic E-state index is 0.646. The Kier molecular flexibility index (Phi) is 11.3. The summed E-state index contributed by atoms with van der Waals surface area (Å²) >= 11 is 12.5. The number of halogens is 2. The molecule has 1 N–H and O–H groups in total. The predicted octanol–water partition coefficient (Wildman–Crippen LogP) is 20.8. The highest BCUT2D eigenvalue weighted by Gasteiger charge is 2.23. The summed E-state index contributed by atoms with van der Waals surface area (Å²) in [5.41, 5.74) is 14.2. The average Bonchev–Trinajstić information content (AvgIpc) is 2.19. The standard InChI is InChI=1S/C36H20N4S.C31H19N3S.C5H3BrClN/c1-2-9-21(10-3-1)39-30-20-27-25(23-12-8-18-37-35(23)40-29-14-6-5-13-28(29)38-36(27)40)19-26(30)22-16-17-32-33(34(22)39)24-11-4-7-15-31(24)41-32;1-2-8-20(9-3-1)34-26-18-19(31-32-24-11-5-6-12-25(24)33-31)14-15-21(26)22-16-17-28-29(30(22)34)23-10-4-7-13-27(23)35-28;6-5-4(7)2-1-3-8-5/h1-20H;1-18H,(H,32,33);1-3H. The molecule has 0 radical (unpaired) electrons. The van der Waals surface area contributed by atoms with E-state index in [0.717, 1.165) is 66.9 Å². The highest BCUT2D eigenvalue weighted by molar-refractivity contribution is 9.10. The van der Waals surface area contributed by atoms with Gasteiger partial charge in [-0.15, -0.1) is 22.7 Å². The molecule has 84 heavy (non-hydrogen) atoms. The third kappa shape index (κ3) is 7.63. The van der Waals surface area contributed by atoms with Crippen LogP contribution in [0.5, 0.6) is 0 Å². The highest BCUT2D eigenvalue weighted by Crippen LogP contribution is 2.47. The number of hydrogen-bond donors (Lipinski definition) is 1. The first-order valence-electron chi connectivity index (χ1n) is 27.6. The van der Waals surface area contributed by atoms with E-state index in [9.17, 15) is 0 Å². The molecular weight excluding hydrogens is 1160 g/mol. The number of pyridine rings is 3. The Morgan fingerprint density at radius 3 is 1.63 bits per heavy atom. The quantitative estimate of drug-likeness (QED) is 0.141. The van der Waals surface area contributed by atoms with E-state index in [-0.39, 0.29) is 0 Å². The van der Waals surface area contributed by atoms with E-state index in [1.54, 1.807) is 18.3 Å². The Bertz CT molecular complexity index is 5800. The van der Waals surface area contributed by atoms with Gasteiger partial charge in [0.05, 0.1) is 49.2 Å². The van der Waals surface area contributed by atoms with Crippen molar-refractivity contribution in [3.8, 4) is 22.8 Å². The van der Waals surface area contributed by atoms with Gasteiger partial charge in [-0.3, -0.25) is 4.40 Å². The maximum atomic E-state index is 5.60. The number of imidazole rings is 2. The molecule has 0 bridgehead atoms. The van der Waals surface area contributed by atoms with E-state index < -0.39 is 0 Å². The van der Waals surface area contributed by atoms with Crippen LogP contribution in [0.25, 0.3) is 156 Å². The van der Waals surface area contributed by atoms with E-state index in [2.05, 4.69) is 240 Å². The number of aromatic amines is 1. The highest BCUT2D eigenvalue weighted by atomic mass is 79.9. The van der Waals surface area contributed by atoms with Crippen molar-refractivity contribution in [3.63, 3.8) is 0 Å². The fourth-order valence-corrected chi connectivity index (χ4v) is 15.2. The van der Waals surface area contributed by atoms with Gasteiger partial charge in [-0.05, 0) is 137 Å². The third-order valence-electron chi connectivity index (χ3n) is 16.2. The van der Waals surface area contributed by atoms with Crippen molar-refractivity contribution in [1.82, 2.24) is 38.5 Å². The topological polar surface area (TPSA) is 81.6 Å². The largest absolute Gasteiger partial charge is 0.338 e. The van der Waals surface area contributed by atoms with Crippen LogP contribution in [0.15, 0.2) is 254 Å². The number of nitrogens with zero attached hydrogens (tertiary/aromatic N) is 7. The maximum Gasteiger partial charge on any atom is 0.147 e. The van der Waals surface area contributed by atoms with Gasteiger partial charge in [0.15, 0.2) is 0 Å². The van der Waals surface area contributed by atoms with Crippen LogP contribution in [0.3, 0.4) is 0 Å². The zero-order chi connectivity index (χ0) is 55.6. The van der Waals surface area contributed by atoms with Crippen LogP contribution in [0.1, 0.15) is 0 Å². The Morgan fingerprint density at radius 1 is 0.393 bits per heavy atom. The number of nitrogens with one attached hydrogen (secondary N) is 1. The lowest BCUT2D eigenvalue weighted by Crippen LogP contribution is -1.96. The molecule has 0 saturated carbocycles. The van der Waals surface area contributed by atoms with E-state index >= 15 is 0 Å². The number of hydrogen-bond acceptors (Lipinski definition) is 6. The number of fused-ring (bicyclic) bond motifs is 23. The molecule has 0 spiro atoms. The number of benzene rings is 10. The molecule has 0 amide bonds. The molecule has 12 heteroatoms. The summed E-state index contributed by atoms with van der Waals surface area (Å²) in [6.45, 7) is 0. The van der Waals surface area contributed by atoms with Crippen LogP contribution in [0.2, 0.25) is 5.02 Å². The molecule has 8 nitrogen and oxygen atoms in total. The number of H-pyrrole nitrogens is 1. The predicted molar refractivity (Wildman–Crippen MR) is 358 cm³/mol. The van der Waals surface area contributed by atoms with Crippen molar-refractivity contribution in [2.75, 3.05) is 0 Å². The molecule has 0 fully saturated rings. The van der Waals surface area contributed by atoms with Gasteiger partial charge in [-0.1, -0.05) is 133 Å². The summed E-state index contributed by atoms with van der Waals surface area (Å²) in [5.74, 6) is 0.893. The van der Waals surface area contributed by atoms with Crippen LogP contribution in [0.4, 0.5) is 0 Å². The Labute approximate surface area is 499 Å². The molecule has 19 aromatic rings. The Balaban J connectivity index is 0.000000118. The minimum Gasteiger partial charge on any atom is -0.338 e. The van der Waals surface area contributed by atoms with Gasteiger partial charge in [0.25, 0.3) is 0 Å². The summed E-state index contributed by atoms with van der Waals surface area (Å²) < 4.78 is 13.1. The second-order valence-corrected chi connectivity index (χ2v) is 24.2. The summed E-state index contributed by atoms with van der Waals surface area (Å²) in [6.07, 6.45) is 3.55. The number of aromatic nitrogens is 8. The number of rotatable bonds is 3. The van der Waals surface area contributed by atoms with Gasteiger partial charge in [0, 0.05) is 102 Å².